The van der Waals surface area contributed by atoms with Crippen LogP contribution in [0.15, 0.2) is 12.7 Å². The van der Waals surface area contributed by atoms with Crippen LogP contribution in [0.25, 0.3) is 0 Å². The van der Waals surface area contributed by atoms with Crippen molar-refractivity contribution in [2.45, 2.75) is 38.6 Å². The molecule has 2 N–H and O–H groups in total. The van der Waals surface area contributed by atoms with E-state index in [9.17, 15) is 4.79 Å². The summed E-state index contributed by atoms with van der Waals surface area (Å²) in [6.07, 6.45) is 5.29. The molecule has 2 atom stereocenters. The van der Waals surface area contributed by atoms with Gasteiger partial charge in [-0.3, -0.25) is 4.79 Å². The Balaban J connectivity index is 0.00000324. The highest BCUT2D eigenvalue weighted by molar-refractivity contribution is 5.85. The molecule has 0 saturated carbocycles. The Kier molecular flexibility index (Phi) is 9.92. The highest BCUT2D eigenvalue weighted by atomic mass is 35.5. The van der Waals surface area contributed by atoms with E-state index >= 15 is 0 Å². The largest absolute Gasteiger partial charge is 0.377 e. The van der Waals surface area contributed by atoms with Crippen LogP contribution in [0.5, 0.6) is 0 Å². The second-order valence-electron chi connectivity index (χ2n) is 5.07. The first-order valence-electron chi connectivity index (χ1n) is 6.87. The van der Waals surface area contributed by atoms with Crippen molar-refractivity contribution in [3.63, 3.8) is 0 Å². The lowest BCUT2D eigenvalue weighted by molar-refractivity contribution is -0.133. The molecule has 112 valence electrons. The Morgan fingerprint density at radius 2 is 2.37 bits per heavy atom. The first-order valence-corrected chi connectivity index (χ1v) is 6.87. The molecule has 19 heavy (non-hydrogen) atoms. The smallest absolute Gasteiger partial charge is 0.222 e. The van der Waals surface area contributed by atoms with Crippen molar-refractivity contribution >= 4 is 18.3 Å². The van der Waals surface area contributed by atoms with Gasteiger partial charge in [0.2, 0.25) is 5.91 Å². The molecule has 0 aliphatic carbocycles. The van der Waals surface area contributed by atoms with Crippen molar-refractivity contribution < 1.29 is 9.53 Å². The van der Waals surface area contributed by atoms with E-state index < -0.39 is 0 Å². The molecule has 1 aliphatic rings. The Labute approximate surface area is 122 Å². The molecule has 2 unspecified atom stereocenters. The minimum atomic E-state index is 0. The Bertz CT molecular complexity index is 272. The molecule has 1 heterocycles. The molecule has 1 saturated heterocycles. The summed E-state index contributed by atoms with van der Waals surface area (Å²) in [5.74, 6) is 0.697. The van der Waals surface area contributed by atoms with Gasteiger partial charge in [0.25, 0.3) is 0 Å². The number of amides is 1. The molecular weight excluding hydrogens is 264 g/mol. The maximum absolute atomic E-state index is 12.0. The number of hydrogen-bond acceptors (Lipinski definition) is 3. The molecule has 0 aromatic carbocycles. The maximum Gasteiger partial charge on any atom is 0.222 e. The number of piperidine rings is 1. The number of carbonyl (C=O) groups is 1. The van der Waals surface area contributed by atoms with E-state index in [4.69, 9.17) is 10.5 Å². The fraction of sp³-hybridized carbons (Fsp3) is 0.786. The molecule has 0 radical (unpaired) electrons. The van der Waals surface area contributed by atoms with Crippen molar-refractivity contribution in [3.05, 3.63) is 12.7 Å². The first-order chi connectivity index (χ1) is 8.65. The van der Waals surface area contributed by atoms with Gasteiger partial charge < -0.3 is 15.4 Å². The second kappa shape index (κ2) is 10.2. The van der Waals surface area contributed by atoms with Gasteiger partial charge in [-0.1, -0.05) is 6.08 Å². The van der Waals surface area contributed by atoms with Gasteiger partial charge in [-0.2, -0.15) is 0 Å². The number of halogens is 1. The van der Waals surface area contributed by atoms with E-state index in [0.717, 1.165) is 32.4 Å². The van der Waals surface area contributed by atoms with E-state index in [1.54, 1.807) is 6.08 Å². The summed E-state index contributed by atoms with van der Waals surface area (Å²) < 4.78 is 5.27. The summed E-state index contributed by atoms with van der Waals surface area (Å²) >= 11 is 0. The third-order valence-electron chi connectivity index (χ3n) is 3.47. The van der Waals surface area contributed by atoms with Crippen LogP contribution in [0.1, 0.15) is 32.6 Å². The summed E-state index contributed by atoms with van der Waals surface area (Å²) in [6, 6.07) is 0.177. The van der Waals surface area contributed by atoms with Crippen LogP contribution in [-0.4, -0.2) is 43.2 Å². The molecule has 1 rings (SSSR count). The van der Waals surface area contributed by atoms with Gasteiger partial charge in [0.1, 0.15) is 0 Å². The average molecular weight is 291 g/mol. The summed E-state index contributed by atoms with van der Waals surface area (Å²) in [4.78, 5) is 14.0. The topological polar surface area (TPSA) is 55.6 Å². The number of nitrogens with two attached hydrogens (primary N) is 1. The Morgan fingerprint density at radius 1 is 1.63 bits per heavy atom. The predicted molar refractivity (Wildman–Crippen MR) is 80.5 cm³/mol. The van der Waals surface area contributed by atoms with Gasteiger partial charge in [-0.05, 0) is 32.1 Å². The number of carbonyl (C=O) groups excluding carboxylic acids is 1. The van der Waals surface area contributed by atoms with Gasteiger partial charge in [-0.25, -0.2) is 0 Å². The minimum absolute atomic E-state index is 0. The zero-order valence-electron chi connectivity index (χ0n) is 11.8. The Morgan fingerprint density at radius 3 is 3.00 bits per heavy atom. The van der Waals surface area contributed by atoms with Crippen LogP contribution in [0, 0.1) is 5.92 Å². The summed E-state index contributed by atoms with van der Waals surface area (Å²) in [7, 11) is 0. The molecule has 0 bridgehead atoms. The monoisotopic (exact) mass is 290 g/mol. The minimum Gasteiger partial charge on any atom is -0.377 e. The zero-order valence-corrected chi connectivity index (χ0v) is 12.7. The predicted octanol–water partition coefficient (Wildman–Crippen LogP) is 1.98. The standard InChI is InChI=1S/C14H26N2O2.ClH/c1-3-9-18-10-5-7-14(17)16-8-4-6-13(11-16)12(2)15;/h3,12-13H,1,4-11,15H2,2H3;1H. The van der Waals surface area contributed by atoms with E-state index in [2.05, 4.69) is 6.58 Å². The number of nitrogens with zero attached hydrogens (tertiary/aromatic N) is 1. The van der Waals surface area contributed by atoms with Crippen LogP contribution >= 0.6 is 12.4 Å². The van der Waals surface area contributed by atoms with Gasteiger partial charge in [0.05, 0.1) is 6.61 Å². The summed E-state index contributed by atoms with van der Waals surface area (Å²) in [5.41, 5.74) is 5.92. The van der Waals surface area contributed by atoms with Crippen LogP contribution in [0.3, 0.4) is 0 Å². The van der Waals surface area contributed by atoms with Gasteiger partial charge in [0.15, 0.2) is 0 Å². The molecule has 0 spiro atoms. The van der Waals surface area contributed by atoms with Gasteiger partial charge in [0, 0.05) is 32.2 Å². The SMILES string of the molecule is C=CCOCCCC(=O)N1CCCC(C(C)N)C1.Cl. The van der Waals surface area contributed by atoms with Crippen LogP contribution < -0.4 is 5.73 Å². The highest BCUT2D eigenvalue weighted by Gasteiger charge is 2.25. The van der Waals surface area contributed by atoms with Crippen molar-refractivity contribution in [1.29, 1.82) is 0 Å². The van der Waals surface area contributed by atoms with Crippen molar-refractivity contribution in [3.8, 4) is 0 Å². The van der Waals surface area contributed by atoms with Crippen LogP contribution in [0.4, 0.5) is 0 Å². The van der Waals surface area contributed by atoms with E-state index in [1.165, 1.54) is 0 Å². The maximum atomic E-state index is 12.0. The normalized spacial score (nSPS) is 20.5. The quantitative estimate of drug-likeness (QED) is 0.576. The van der Waals surface area contributed by atoms with Crippen LogP contribution in [0.2, 0.25) is 0 Å². The van der Waals surface area contributed by atoms with Crippen molar-refractivity contribution in [2.24, 2.45) is 11.7 Å². The van der Waals surface area contributed by atoms with Gasteiger partial charge in [-0.15, -0.1) is 19.0 Å². The molecule has 1 aliphatic heterocycles. The molecule has 1 amide bonds. The number of hydrogen-bond donors (Lipinski definition) is 1. The number of ether oxygens (including phenoxy) is 1. The van der Waals surface area contributed by atoms with Crippen molar-refractivity contribution in [2.75, 3.05) is 26.3 Å². The highest BCUT2D eigenvalue weighted by Crippen LogP contribution is 2.19. The van der Waals surface area contributed by atoms with E-state index in [1.807, 2.05) is 11.8 Å². The van der Waals surface area contributed by atoms with Gasteiger partial charge >= 0.3 is 0 Å². The lowest BCUT2D eigenvalue weighted by atomic mass is 9.92. The fourth-order valence-electron chi connectivity index (χ4n) is 2.32. The first kappa shape index (κ1) is 18.4. The van der Waals surface area contributed by atoms with Crippen LogP contribution in [-0.2, 0) is 9.53 Å². The summed E-state index contributed by atoms with van der Waals surface area (Å²) in [6.45, 7) is 8.50. The molecule has 0 aromatic rings. The lowest BCUT2D eigenvalue weighted by Gasteiger charge is -2.34. The molecule has 4 nitrogen and oxygen atoms in total. The molecular formula is C14H27ClN2O2. The van der Waals surface area contributed by atoms with E-state index in [0.29, 0.717) is 25.6 Å². The average Bonchev–Trinajstić information content (AvgIpc) is 2.38. The number of rotatable bonds is 7. The second-order valence-corrected chi connectivity index (χ2v) is 5.07. The zero-order chi connectivity index (χ0) is 13.4. The number of likely N-dealkylation sites (tertiary alicyclic amines) is 1. The molecule has 0 aromatic heterocycles. The molecule has 1 fully saturated rings. The summed E-state index contributed by atoms with van der Waals surface area (Å²) in [5, 5.41) is 0. The fourth-order valence-corrected chi connectivity index (χ4v) is 2.32. The Hall–Kier alpha value is -0.580. The van der Waals surface area contributed by atoms with Crippen molar-refractivity contribution in [1.82, 2.24) is 4.90 Å². The van der Waals surface area contributed by atoms with E-state index in [-0.39, 0.29) is 24.4 Å². The lowest BCUT2D eigenvalue weighted by Crippen LogP contribution is -2.45. The molecule has 5 heteroatoms. The third kappa shape index (κ3) is 6.95. The third-order valence-corrected chi connectivity index (χ3v) is 3.47.